The second kappa shape index (κ2) is 8.19. The lowest BCUT2D eigenvalue weighted by atomic mass is 9.43. The molecule has 3 unspecified atom stereocenters. The van der Waals surface area contributed by atoms with Crippen molar-refractivity contribution in [3.8, 4) is 5.75 Å². The molecule has 3 aliphatic carbocycles. The third-order valence-electron chi connectivity index (χ3n) is 10.6. The summed E-state index contributed by atoms with van der Waals surface area (Å²) in [7, 11) is 0. The van der Waals surface area contributed by atoms with Crippen LogP contribution in [-0.4, -0.2) is 22.0 Å². The number of imidazole rings is 1. The van der Waals surface area contributed by atoms with Crippen molar-refractivity contribution < 1.29 is 9.53 Å². The van der Waals surface area contributed by atoms with Crippen LogP contribution in [0, 0.1) is 43.4 Å². The third-order valence-corrected chi connectivity index (χ3v) is 10.6. The van der Waals surface area contributed by atoms with E-state index in [1.54, 1.807) is 18.1 Å². The van der Waals surface area contributed by atoms with Crippen molar-refractivity contribution in [2.24, 2.45) is 28.4 Å². The summed E-state index contributed by atoms with van der Waals surface area (Å²) >= 11 is 0. The summed E-state index contributed by atoms with van der Waals surface area (Å²) in [5, 5.41) is 0. The maximum Gasteiger partial charge on any atom is 0.328 e. The quantitative estimate of drug-likeness (QED) is 0.426. The van der Waals surface area contributed by atoms with Gasteiger partial charge in [-0.25, -0.2) is 9.78 Å². The molecule has 3 aliphatic rings. The fraction of sp³-hybridized carbons (Fsp3) is 0.667. The average Bonchev–Trinajstić information content (AvgIpc) is 3.40. The van der Waals surface area contributed by atoms with Gasteiger partial charge in [-0.15, -0.1) is 0 Å². The predicted octanol–water partition coefficient (Wildman–Crippen LogP) is 5.87. The monoisotopic (exact) mass is 477 g/mol. The standard InChI is InChI=1S/C30H43N3O2/c1-17-18(2)26(35-27(34)22(31)13-20-15-32-16-33-20)19(3)21-14-24-29(6)11-8-10-28(4,5)23(29)9-12-30(24,7)25(17)21/h15-16,22-24H,8-14,31H2,1-7H3,(H,32,33)/t22?,23?,24-,29+,30?/m1/s1. The molecule has 5 nitrogen and oxygen atoms in total. The van der Waals surface area contributed by atoms with Gasteiger partial charge >= 0.3 is 5.97 Å². The molecule has 1 aromatic heterocycles. The summed E-state index contributed by atoms with van der Waals surface area (Å²) in [5.74, 6) is 1.74. The van der Waals surface area contributed by atoms with Gasteiger partial charge in [-0.05, 0) is 109 Å². The number of hydrogen-bond acceptors (Lipinski definition) is 4. The Hall–Kier alpha value is -2.14. The number of hydrogen-bond donors (Lipinski definition) is 2. The van der Waals surface area contributed by atoms with Gasteiger partial charge in [-0.1, -0.05) is 34.1 Å². The molecular weight excluding hydrogens is 434 g/mol. The van der Waals surface area contributed by atoms with Crippen molar-refractivity contribution in [3.63, 3.8) is 0 Å². The van der Waals surface area contributed by atoms with Crippen molar-refractivity contribution in [2.45, 2.75) is 105 Å². The van der Waals surface area contributed by atoms with Gasteiger partial charge in [-0.3, -0.25) is 0 Å². The molecule has 0 saturated heterocycles. The van der Waals surface area contributed by atoms with Gasteiger partial charge in [0.05, 0.1) is 12.0 Å². The van der Waals surface area contributed by atoms with Crippen LogP contribution >= 0.6 is 0 Å². The Morgan fingerprint density at radius 2 is 1.86 bits per heavy atom. The van der Waals surface area contributed by atoms with Gasteiger partial charge in [0.1, 0.15) is 11.8 Å². The zero-order valence-electron chi connectivity index (χ0n) is 22.7. The van der Waals surface area contributed by atoms with Crippen LogP contribution in [0.15, 0.2) is 12.5 Å². The molecule has 3 N–H and O–H groups in total. The van der Waals surface area contributed by atoms with Crippen LogP contribution in [0.1, 0.15) is 93.3 Å². The maximum atomic E-state index is 13.0. The zero-order valence-corrected chi connectivity index (χ0v) is 22.7. The summed E-state index contributed by atoms with van der Waals surface area (Å²) in [6, 6.07) is -0.741. The maximum absolute atomic E-state index is 13.0. The summed E-state index contributed by atoms with van der Waals surface area (Å²) in [6.45, 7) is 16.6. The molecule has 35 heavy (non-hydrogen) atoms. The molecule has 1 heterocycles. The van der Waals surface area contributed by atoms with E-state index in [0.29, 0.717) is 23.2 Å². The van der Waals surface area contributed by atoms with Gasteiger partial charge in [-0.2, -0.15) is 0 Å². The molecule has 0 radical (unpaired) electrons. The molecule has 0 bridgehead atoms. The fourth-order valence-electron chi connectivity index (χ4n) is 8.87. The van der Waals surface area contributed by atoms with Crippen molar-refractivity contribution in [3.05, 3.63) is 46.0 Å². The van der Waals surface area contributed by atoms with E-state index in [0.717, 1.165) is 34.9 Å². The number of ether oxygens (including phenoxy) is 1. The lowest BCUT2D eigenvalue weighted by molar-refractivity contribution is -0.135. The molecule has 0 aliphatic heterocycles. The number of nitrogens with one attached hydrogen (secondary N) is 1. The van der Waals surface area contributed by atoms with E-state index < -0.39 is 6.04 Å². The molecule has 1 aromatic carbocycles. The SMILES string of the molecule is Cc1c(C)c2c(c(C)c1OC(=O)C(N)Cc1c[nH]cn1)C[C@H]1C2(C)CCC2C(C)(C)CCC[C@@]21C. The van der Waals surface area contributed by atoms with Crippen LogP contribution in [0.2, 0.25) is 0 Å². The summed E-state index contributed by atoms with van der Waals surface area (Å²) < 4.78 is 6.04. The Labute approximate surface area is 210 Å². The molecule has 5 rings (SSSR count). The fourth-order valence-corrected chi connectivity index (χ4v) is 8.87. The summed E-state index contributed by atoms with van der Waals surface area (Å²) in [4.78, 5) is 20.1. The second-order valence-corrected chi connectivity index (χ2v) is 13.0. The number of nitrogens with zero attached hydrogens (tertiary/aromatic N) is 1. The Bertz CT molecular complexity index is 1150. The first-order chi connectivity index (χ1) is 16.4. The highest BCUT2D eigenvalue weighted by Crippen LogP contribution is 2.68. The van der Waals surface area contributed by atoms with Gasteiger partial charge in [0.15, 0.2) is 0 Å². The van der Waals surface area contributed by atoms with Crippen molar-refractivity contribution in [2.75, 3.05) is 0 Å². The van der Waals surface area contributed by atoms with Crippen LogP contribution in [0.3, 0.4) is 0 Å². The first kappa shape index (κ1) is 24.5. The lowest BCUT2D eigenvalue weighted by Crippen LogP contribution is -2.55. The molecule has 0 spiro atoms. The highest BCUT2D eigenvalue weighted by molar-refractivity contribution is 5.79. The second-order valence-electron chi connectivity index (χ2n) is 13.0. The Balaban J connectivity index is 1.50. The van der Waals surface area contributed by atoms with Gasteiger partial charge in [0.25, 0.3) is 0 Å². The number of aromatic nitrogens is 2. The normalized spacial score (nSPS) is 31.9. The Morgan fingerprint density at radius 3 is 2.54 bits per heavy atom. The first-order valence-corrected chi connectivity index (χ1v) is 13.5. The van der Waals surface area contributed by atoms with E-state index in [1.165, 1.54) is 43.2 Å². The van der Waals surface area contributed by atoms with Crippen LogP contribution in [0.5, 0.6) is 5.75 Å². The van der Waals surface area contributed by atoms with E-state index in [2.05, 4.69) is 58.4 Å². The molecule has 5 atom stereocenters. The number of rotatable bonds is 4. The topological polar surface area (TPSA) is 81.0 Å². The number of H-pyrrole nitrogens is 1. The molecular formula is C30H43N3O2. The Morgan fingerprint density at radius 1 is 1.11 bits per heavy atom. The van der Waals surface area contributed by atoms with Crippen LogP contribution in [0.4, 0.5) is 0 Å². The number of esters is 1. The van der Waals surface area contributed by atoms with E-state index in [9.17, 15) is 4.79 Å². The highest BCUT2D eigenvalue weighted by Gasteiger charge is 2.61. The minimum atomic E-state index is -0.741. The van der Waals surface area contributed by atoms with Gasteiger partial charge in [0.2, 0.25) is 0 Å². The van der Waals surface area contributed by atoms with Crippen LogP contribution < -0.4 is 10.5 Å². The molecule has 5 heteroatoms. The van der Waals surface area contributed by atoms with E-state index in [1.807, 2.05) is 0 Å². The summed E-state index contributed by atoms with van der Waals surface area (Å²) in [6.07, 6.45) is 11.4. The molecule has 2 aromatic rings. The number of carbonyl (C=O) groups excluding carboxylic acids is 1. The minimum Gasteiger partial charge on any atom is -0.425 e. The number of aromatic amines is 1. The number of carbonyl (C=O) groups is 1. The molecule has 2 fully saturated rings. The van der Waals surface area contributed by atoms with Crippen molar-refractivity contribution in [1.82, 2.24) is 9.97 Å². The van der Waals surface area contributed by atoms with Gasteiger partial charge < -0.3 is 15.5 Å². The third kappa shape index (κ3) is 3.60. The lowest BCUT2D eigenvalue weighted by Gasteiger charge is -2.61. The summed E-state index contributed by atoms with van der Waals surface area (Å²) in [5.41, 5.74) is 14.4. The van der Waals surface area contributed by atoms with Crippen molar-refractivity contribution in [1.29, 1.82) is 0 Å². The smallest absolute Gasteiger partial charge is 0.328 e. The molecule has 190 valence electrons. The number of nitrogens with two attached hydrogens (primary N) is 1. The molecule has 0 amide bonds. The first-order valence-electron chi connectivity index (χ1n) is 13.5. The average molecular weight is 478 g/mol. The van der Waals surface area contributed by atoms with E-state index in [4.69, 9.17) is 10.5 Å². The highest BCUT2D eigenvalue weighted by atomic mass is 16.5. The molecule has 2 saturated carbocycles. The van der Waals surface area contributed by atoms with Gasteiger partial charge in [0, 0.05) is 12.6 Å². The van der Waals surface area contributed by atoms with Crippen molar-refractivity contribution >= 4 is 5.97 Å². The number of benzene rings is 1. The van der Waals surface area contributed by atoms with E-state index >= 15 is 0 Å². The predicted molar refractivity (Wildman–Crippen MR) is 140 cm³/mol. The largest absolute Gasteiger partial charge is 0.425 e. The van der Waals surface area contributed by atoms with E-state index in [-0.39, 0.29) is 11.4 Å². The van der Waals surface area contributed by atoms with Crippen LogP contribution in [0.25, 0.3) is 0 Å². The minimum absolute atomic E-state index is 0.187. The zero-order chi connectivity index (χ0) is 25.3. The number of fused-ring (bicyclic) bond motifs is 5. The Kier molecular flexibility index (Phi) is 5.75. The van der Waals surface area contributed by atoms with Crippen LogP contribution in [-0.2, 0) is 23.1 Å².